The maximum Gasteiger partial charge on any atom is 0.272 e. The number of nitro groups is 1. The van der Waals surface area contributed by atoms with Crippen molar-refractivity contribution in [2.45, 2.75) is 11.0 Å². The highest BCUT2D eigenvalue weighted by atomic mass is 32.2. The van der Waals surface area contributed by atoms with E-state index < -0.39 is 26.7 Å². The number of nitrogens with two attached hydrogens (primary N) is 1. The topological polar surface area (TPSA) is 138 Å². The number of ether oxygens (including phenoxy) is 1. The van der Waals surface area contributed by atoms with E-state index in [2.05, 4.69) is 17.1 Å². The second-order valence-electron chi connectivity index (χ2n) is 5.86. The van der Waals surface area contributed by atoms with E-state index in [-0.39, 0.29) is 11.5 Å². The molecule has 3 aliphatic rings. The van der Waals surface area contributed by atoms with E-state index in [0.717, 1.165) is 0 Å². The highest BCUT2D eigenvalue weighted by molar-refractivity contribution is 8.00. The van der Waals surface area contributed by atoms with Gasteiger partial charge < -0.3 is 10.5 Å². The largest absolute Gasteiger partial charge is 0.386 e. The lowest BCUT2D eigenvalue weighted by Crippen LogP contribution is -2.34. The first kappa shape index (κ1) is 14.9. The SMILES string of the molecule is N#C[C@@]12[C@@H](c3ccccc3[N+](=O)[O-])[C@]1(C#N)C(N)=N[C@@]21OCCS1. The summed E-state index contributed by atoms with van der Waals surface area (Å²) in [4.78, 5) is 15.2. The zero-order valence-corrected chi connectivity index (χ0v) is 13.1. The molecule has 1 aromatic carbocycles. The maximum absolute atomic E-state index is 11.4. The Hall–Kier alpha value is -2.62. The van der Waals surface area contributed by atoms with Gasteiger partial charge in [0.15, 0.2) is 5.41 Å². The van der Waals surface area contributed by atoms with Crippen LogP contribution >= 0.6 is 11.8 Å². The van der Waals surface area contributed by atoms with Crippen molar-refractivity contribution in [2.24, 2.45) is 21.6 Å². The zero-order chi connectivity index (χ0) is 17.2. The predicted molar refractivity (Wildman–Crippen MR) is 84.7 cm³/mol. The van der Waals surface area contributed by atoms with Gasteiger partial charge in [0.2, 0.25) is 5.06 Å². The Morgan fingerprint density at radius 3 is 2.75 bits per heavy atom. The summed E-state index contributed by atoms with van der Waals surface area (Å²) in [5.74, 6) is -0.112. The van der Waals surface area contributed by atoms with E-state index in [1.807, 2.05) is 0 Å². The number of thioether (sulfide) groups is 1. The Labute approximate surface area is 141 Å². The molecular formula is C15H11N5O3S. The van der Waals surface area contributed by atoms with Crippen LogP contribution in [0, 0.1) is 43.6 Å². The molecule has 0 bridgehead atoms. The summed E-state index contributed by atoms with van der Waals surface area (Å²) in [6.45, 7) is 0.385. The second-order valence-corrected chi connectivity index (χ2v) is 7.11. The summed E-state index contributed by atoms with van der Waals surface area (Å²) < 4.78 is 5.75. The van der Waals surface area contributed by atoms with Crippen molar-refractivity contribution in [3.8, 4) is 12.1 Å². The lowest BCUT2D eigenvalue weighted by molar-refractivity contribution is -0.385. The van der Waals surface area contributed by atoms with Crippen LogP contribution in [0.4, 0.5) is 5.69 Å². The molecule has 4 rings (SSSR count). The third-order valence-corrected chi connectivity index (χ3v) is 6.34. The summed E-state index contributed by atoms with van der Waals surface area (Å²) >= 11 is 1.32. The van der Waals surface area contributed by atoms with Crippen molar-refractivity contribution in [1.29, 1.82) is 10.5 Å². The standard InChI is InChI=1S/C15H11N5O3S/c16-7-13-11(9-3-1-2-4-10(9)20(21)22)14(13,8-17)15(19-12(13)18)23-5-6-24-15/h1-4,11H,5-6H2,(H2,18,19)/t11-,13+,14+,15+/m0/s1. The Morgan fingerprint density at radius 2 is 2.17 bits per heavy atom. The molecule has 1 spiro atoms. The van der Waals surface area contributed by atoms with Gasteiger partial charge in [-0.05, 0) is 0 Å². The smallest absolute Gasteiger partial charge is 0.272 e. The minimum Gasteiger partial charge on any atom is -0.386 e. The van der Waals surface area contributed by atoms with Crippen molar-refractivity contribution in [2.75, 3.05) is 12.4 Å². The molecule has 1 saturated heterocycles. The number of hydrogen-bond acceptors (Lipinski definition) is 8. The maximum atomic E-state index is 11.4. The number of nitro benzene ring substituents is 1. The molecule has 0 unspecified atom stereocenters. The molecule has 120 valence electrons. The third kappa shape index (κ3) is 1.32. The van der Waals surface area contributed by atoms with Gasteiger partial charge in [-0.2, -0.15) is 10.5 Å². The van der Waals surface area contributed by atoms with Gasteiger partial charge in [0.1, 0.15) is 11.3 Å². The number of para-hydroxylation sites is 1. The van der Waals surface area contributed by atoms with Crippen LogP contribution in [-0.2, 0) is 4.74 Å². The minimum atomic E-state index is -1.40. The van der Waals surface area contributed by atoms with E-state index in [1.54, 1.807) is 18.2 Å². The number of nitrogens with zero attached hydrogens (tertiary/aromatic N) is 4. The molecule has 24 heavy (non-hydrogen) atoms. The Bertz CT molecular complexity index is 882. The lowest BCUT2D eigenvalue weighted by atomic mass is 9.95. The highest BCUT2D eigenvalue weighted by Crippen LogP contribution is 2.84. The van der Waals surface area contributed by atoms with E-state index in [4.69, 9.17) is 10.5 Å². The molecule has 2 N–H and O–H groups in total. The minimum absolute atomic E-state index is 0.0177. The number of aliphatic imine (C=N–C) groups is 1. The van der Waals surface area contributed by atoms with Crippen LogP contribution in [-0.4, -0.2) is 28.2 Å². The lowest BCUT2D eigenvalue weighted by Gasteiger charge is -2.26. The van der Waals surface area contributed by atoms with Gasteiger partial charge in [0.25, 0.3) is 5.69 Å². The van der Waals surface area contributed by atoms with Gasteiger partial charge in [-0.15, -0.1) is 0 Å². The molecule has 9 heteroatoms. The van der Waals surface area contributed by atoms with Gasteiger partial charge >= 0.3 is 0 Å². The molecule has 0 radical (unpaired) electrons. The third-order valence-electron chi connectivity index (χ3n) is 5.05. The zero-order valence-electron chi connectivity index (χ0n) is 12.3. The summed E-state index contributed by atoms with van der Waals surface area (Å²) in [6.07, 6.45) is 0. The van der Waals surface area contributed by atoms with Gasteiger partial charge in [-0.25, -0.2) is 4.99 Å². The summed E-state index contributed by atoms with van der Waals surface area (Å²) in [6, 6.07) is 10.5. The second kappa shape index (κ2) is 4.47. The monoisotopic (exact) mass is 341 g/mol. The van der Waals surface area contributed by atoms with Gasteiger partial charge in [0.05, 0.1) is 23.7 Å². The summed E-state index contributed by atoms with van der Waals surface area (Å²) in [5, 5.41) is 29.9. The molecule has 4 atom stereocenters. The number of fused-ring (bicyclic) bond motifs is 2. The normalized spacial score (nSPS) is 38.9. The van der Waals surface area contributed by atoms with Crippen molar-refractivity contribution < 1.29 is 9.66 Å². The Kier molecular flexibility index (Phi) is 2.78. The number of amidine groups is 1. The fourth-order valence-corrected chi connectivity index (χ4v) is 5.41. The first-order valence-electron chi connectivity index (χ1n) is 7.20. The van der Waals surface area contributed by atoms with Crippen molar-refractivity contribution >= 4 is 23.3 Å². The molecule has 2 fully saturated rings. The molecule has 2 heterocycles. The number of benzene rings is 1. The van der Waals surface area contributed by atoms with Crippen LogP contribution in [0.5, 0.6) is 0 Å². The van der Waals surface area contributed by atoms with Crippen LogP contribution in [0.2, 0.25) is 0 Å². The molecule has 1 aliphatic carbocycles. The number of rotatable bonds is 2. The Balaban J connectivity index is 1.97. The molecule has 8 nitrogen and oxygen atoms in total. The van der Waals surface area contributed by atoms with Gasteiger partial charge in [-0.1, -0.05) is 30.0 Å². The number of nitriles is 2. The first-order valence-corrected chi connectivity index (χ1v) is 8.19. The highest BCUT2D eigenvalue weighted by Gasteiger charge is 2.93. The first-order chi connectivity index (χ1) is 11.5. The average Bonchev–Trinajstić information content (AvgIpc) is 2.83. The fraction of sp³-hybridized carbons (Fsp3) is 0.400. The number of hydrogen-bond donors (Lipinski definition) is 1. The Morgan fingerprint density at radius 1 is 1.42 bits per heavy atom. The summed E-state index contributed by atoms with van der Waals surface area (Å²) in [7, 11) is 0. The molecule has 0 aromatic heterocycles. The van der Waals surface area contributed by atoms with Crippen LogP contribution in [0.3, 0.4) is 0 Å². The van der Waals surface area contributed by atoms with E-state index >= 15 is 0 Å². The molecular weight excluding hydrogens is 330 g/mol. The van der Waals surface area contributed by atoms with E-state index in [1.165, 1.54) is 17.8 Å². The van der Waals surface area contributed by atoms with Crippen molar-refractivity contribution in [1.82, 2.24) is 0 Å². The van der Waals surface area contributed by atoms with Crippen molar-refractivity contribution in [3.05, 3.63) is 39.9 Å². The molecule has 0 amide bonds. The fourth-order valence-electron chi connectivity index (χ4n) is 4.08. The summed E-state index contributed by atoms with van der Waals surface area (Å²) in [5.41, 5.74) is 3.48. The van der Waals surface area contributed by atoms with Crippen LogP contribution in [0.15, 0.2) is 29.3 Å². The molecule has 2 aliphatic heterocycles. The van der Waals surface area contributed by atoms with Gasteiger partial charge in [-0.3, -0.25) is 10.1 Å². The van der Waals surface area contributed by atoms with Crippen LogP contribution in [0.25, 0.3) is 0 Å². The quantitative estimate of drug-likeness (QED) is 0.635. The average molecular weight is 341 g/mol. The molecule has 1 saturated carbocycles. The molecule has 1 aromatic rings. The van der Waals surface area contributed by atoms with E-state index in [0.29, 0.717) is 17.9 Å². The van der Waals surface area contributed by atoms with Crippen LogP contribution in [0.1, 0.15) is 11.5 Å². The van der Waals surface area contributed by atoms with Crippen molar-refractivity contribution in [3.63, 3.8) is 0 Å². The predicted octanol–water partition coefficient (Wildman–Crippen LogP) is 1.50. The van der Waals surface area contributed by atoms with E-state index in [9.17, 15) is 20.6 Å². The van der Waals surface area contributed by atoms with Gasteiger partial charge in [0, 0.05) is 23.3 Å². The van der Waals surface area contributed by atoms with Crippen LogP contribution < -0.4 is 5.73 Å².